The van der Waals surface area contributed by atoms with Crippen LogP contribution in [-0.2, 0) is 4.79 Å². The molecule has 6 nitrogen and oxygen atoms in total. The van der Waals surface area contributed by atoms with Gasteiger partial charge in [0.2, 0.25) is 5.75 Å². The second-order valence-corrected chi connectivity index (χ2v) is 3.16. The largest absolute Gasteiger partial charge is 0.504 e. The number of carbonyl (C=O) groups excluding carboxylic acids is 1. The van der Waals surface area contributed by atoms with Crippen molar-refractivity contribution < 1.29 is 30.0 Å². The van der Waals surface area contributed by atoms with E-state index in [-0.39, 0.29) is 11.3 Å². The van der Waals surface area contributed by atoms with E-state index in [9.17, 15) is 20.1 Å². The number of aliphatic hydroxyl groups is 2. The predicted molar refractivity (Wildman–Crippen MR) is 46.4 cm³/mol. The number of phenolic OH excluding ortho intramolecular Hbond substituents is 2. The Labute approximate surface area is 84.0 Å². The van der Waals surface area contributed by atoms with Crippen LogP contribution in [0.2, 0.25) is 0 Å². The summed E-state index contributed by atoms with van der Waals surface area (Å²) in [7, 11) is 0. The summed E-state index contributed by atoms with van der Waals surface area (Å²) in [5.41, 5.74) is 0.0531. The van der Waals surface area contributed by atoms with E-state index in [2.05, 4.69) is 4.74 Å². The number of hydrogen-bond donors (Lipinski definition) is 4. The van der Waals surface area contributed by atoms with Crippen molar-refractivity contribution in [1.82, 2.24) is 0 Å². The van der Waals surface area contributed by atoms with Crippen molar-refractivity contribution in [1.29, 1.82) is 0 Å². The van der Waals surface area contributed by atoms with Crippen molar-refractivity contribution in [3.05, 3.63) is 17.7 Å². The van der Waals surface area contributed by atoms with Crippen molar-refractivity contribution >= 4 is 5.97 Å². The zero-order valence-electron chi connectivity index (χ0n) is 7.41. The minimum absolute atomic E-state index is 0.0531. The fourth-order valence-corrected chi connectivity index (χ4v) is 1.38. The van der Waals surface area contributed by atoms with E-state index < -0.39 is 29.7 Å². The van der Waals surface area contributed by atoms with Crippen LogP contribution in [0.5, 0.6) is 17.2 Å². The molecule has 4 N–H and O–H groups in total. The lowest BCUT2D eigenvalue weighted by Crippen LogP contribution is -2.36. The topological polar surface area (TPSA) is 107 Å². The maximum atomic E-state index is 11.0. The molecule has 1 heterocycles. The quantitative estimate of drug-likeness (QED) is 0.260. The van der Waals surface area contributed by atoms with Gasteiger partial charge in [-0.1, -0.05) is 0 Å². The van der Waals surface area contributed by atoms with Crippen LogP contribution in [0.4, 0.5) is 0 Å². The highest BCUT2D eigenvalue weighted by atomic mass is 16.6. The Hall–Kier alpha value is -1.79. The van der Waals surface area contributed by atoms with E-state index in [1.54, 1.807) is 0 Å². The molecule has 0 amide bonds. The van der Waals surface area contributed by atoms with E-state index in [4.69, 9.17) is 5.11 Å². The third-order valence-corrected chi connectivity index (χ3v) is 2.20. The van der Waals surface area contributed by atoms with Gasteiger partial charge >= 0.3 is 5.97 Å². The monoisotopic (exact) mass is 212 g/mol. The highest BCUT2D eigenvalue weighted by Gasteiger charge is 2.37. The van der Waals surface area contributed by atoms with Crippen LogP contribution in [0.3, 0.4) is 0 Å². The third-order valence-electron chi connectivity index (χ3n) is 2.20. The molecule has 0 saturated carbocycles. The number of esters is 1. The van der Waals surface area contributed by atoms with Gasteiger partial charge in [-0.15, -0.1) is 0 Å². The molecule has 1 aliphatic rings. The van der Waals surface area contributed by atoms with Crippen LogP contribution in [0.1, 0.15) is 11.7 Å². The van der Waals surface area contributed by atoms with Gasteiger partial charge in [-0.05, 0) is 12.1 Å². The second kappa shape index (κ2) is 3.11. The number of aliphatic hydroxyl groups excluding tert-OH is 2. The smallest absolute Gasteiger partial charge is 0.343 e. The van der Waals surface area contributed by atoms with Gasteiger partial charge < -0.3 is 25.2 Å². The Kier molecular flexibility index (Phi) is 2.02. The molecule has 1 aliphatic heterocycles. The predicted octanol–water partition coefficient (Wildman–Crippen LogP) is -0.589. The Morgan fingerprint density at radius 3 is 2.47 bits per heavy atom. The summed E-state index contributed by atoms with van der Waals surface area (Å²) < 4.78 is 4.57. The average molecular weight is 212 g/mol. The summed E-state index contributed by atoms with van der Waals surface area (Å²) in [5, 5.41) is 37.1. The fraction of sp³-hybridized carbons (Fsp3) is 0.222. The summed E-state index contributed by atoms with van der Waals surface area (Å²) in [6.45, 7) is 0. The lowest BCUT2D eigenvalue weighted by atomic mass is 10.00. The molecule has 2 unspecified atom stereocenters. The van der Waals surface area contributed by atoms with Crippen molar-refractivity contribution in [3.8, 4) is 17.2 Å². The lowest BCUT2D eigenvalue weighted by Gasteiger charge is -2.25. The van der Waals surface area contributed by atoms with Crippen LogP contribution in [-0.4, -0.2) is 32.5 Å². The molecular formula is C9H8O6. The van der Waals surface area contributed by atoms with E-state index in [1.807, 2.05) is 0 Å². The molecule has 6 heteroatoms. The number of fused-ring (bicyclic) bond motifs is 1. The maximum Gasteiger partial charge on any atom is 0.343 e. The Morgan fingerprint density at radius 2 is 1.80 bits per heavy atom. The molecule has 0 aromatic heterocycles. The number of carbonyl (C=O) groups is 1. The van der Waals surface area contributed by atoms with Crippen LogP contribution in [0.25, 0.3) is 0 Å². The Bertz CT molecular complexity index is 427. The number of hydrogen-bond acceptors (Lipinski definition) is 6. The maximum absolute atomic E-state index is 11.0. The van der Waals surface area contributed by atoms with Gasteiger partial charge in [0.15, 0.2) is 17.6 Å². The number of phenols is 2. The van der Waals surface area contributed by atoms with Crippen molar-refractivity contribution in [3.63, 3.8) is 0 Å². The van der Waals surface area contributed by atoms with Crippen LogP contribution in [0.15, 0.2) is 12.1 Å². The van der Waals surface area contributed by atoms with Gasteiger partial charge in [-0.2, -0.15) is 0 Å². The number of benzene rings is 1. The van der Waals surface area contributed by atoms with Crippen molar-refractivity contribution in [2.24, 2.45) is 0 Å². The second-order valence-electron chi connectivity index (χ2n) is 3.16. The molecule has 0 aliphatic carbocycles. The van der Waals surface area contributed by atoms with Gasteiger partial charge in [-0.3, -0.25) is 0 Å². The molecule has 2 rings (SSSR count). The molecule has 0 spiro atoms. The fourth-order valence-electron chi connectivity index (χ4n) is 1.38. The SMILES string of the molecule is O=C1Oc2c(ccc(O)c2O)C(O)C1O. The molecule has 1 aromatic rings. The van der Waals surface area contributed by atoms with E-state index >= 15 is 0 Å². The lowest BCUT2D eigenvalue weighted by molar-refractivity contribution is -0.153. The first kappa shape index (κ1) is 9.75. The van der Waals surface area contributed by atoms with Crippen LogP contribution >= 0.6 is 0 Å². The normalized spacial score (nSPS) is 24.5. The summed E-state index contributed by atoms with van der Waals surface area (Å²) >= 11 is 0. The molecule has 1 aromatic carbocycles. The van der Waals surface area contributed by atoms with E-state index in [0.29, 0.717) is 0 Å². The van der Waals surface area contributed by atoms with E-state index in [0.717, 1.165) is 6.07 Å². The first-order valence-electron chi connectivity index (χ1n) is 4.15. The molecule has 15 heavy (non-hydrogen) atoms. The van der Waals surface area contributed by atoms with Crippen molar-refractivity contribution in [2.45, 2.75) is 12.2 Å². The zero-order chi connectivity index (χ0) is 11.2. The molecule has 0 radical (unpaired) electrons. The standard InChI is InChI=1S/C9H8O6/c10-4-2-1-3-5(11)7(13)9(14)15-8(3)6(4)12/h1-2,5,7,10-13H. The van der Waals surface area contributed by atoms with E-state index in [1.165, 1.54) is 6.07 Å². The Balaban J connectivity index is 2.60. The molecular weight excluding hydrogens is 204 g/mol. The minimum atomic E-state index is -1.68. The molecule has 0 fully saturated rings. The minimum Gasteiger partial charge on any atom is -0.504 e. The molecule has 80 valence electrons. The first-order valence-corrected chi connectivity index (χ1v) is 4.15. The number of ether oxygens (including phenoxy) is 1. The summed E-state index contributed by atoms with van der Waals surface area (Å²) in [4.78, 5) is 11.0. The van der Waals surface area contributed by atoms with Gasteiger partial charge in [0.25, 0.3) is 0 Å². The highest BCUT2D eigenvalue weighted by molar-refractivity contribution is 5.82. The summed E-state index contributed by atoms with van der Waals surface area (Å²) in [6, 6.07) is 2.38. The molecule has 2 atom stereocenters. The molecule has 0 saturated heterocycles. The summed E-state index contributed by atoms with van der Waals surface area (Å²) in [6.07, 6.45) is -3.14. The van der Waals surface area contributed by atoms with Gasteiger partial charge in [0, 0.05) is 5.56 Å². The van der Waals surface area contributed by atoms with Crippen LogP contribution in [0, 0.1) is 0 Å². The summed E-state index contributed by atoms with van der Waals surface area (Å²) in [5.74, 6) is -2.49. The van der Waals surface area contributed by atoms with Crippen LogP contribution < -0.4 is 4.74 Å². The number of rotatable bonds is 0. The van der Waals surface area contributed by atoms with Gasteiger partial charge in [-0.25, -0.2) is 4.79 Å². The number of aromatic hydroxyl groups is 2. The first-order chi connectivity index (χ1) is 7.02. The Morgan fingerprint density at radius 1 is 1.13 bits per heavy atom. The average Bonchev–Trinajstić information content (AvgIpc) is 2.21. The highest BCUT2D eigenvalue weighted by Crippen LogP contribution is 2.44. The van der Waals surface area contributed by atoms with Gasteiger partial charge in [0.1, 0.15) is 6.10 Å². The molecule has 0 bridgehead atoms. The third kappa shape index (κ3) is 1.31. The van der Waals surface area contributed by atoms with Crippen molar-refractivity contribution in [2.75, 3.05) is 0 Å². The zero-order valence-corrected chi connectivity index (χ0v) is 7.41. The van der Waals surface area contributed by atoms with Gasteiger partial charge in [0.05, 0.1) is 0 Å².